The fourth-order valence-electron chi connectivity index (χ4n) is 2.40. The van der Waals surface area contributed by atoms with Crippen LogP contribution in [0.3, 0.4) is 0 Å². The molecule has 1 amide bonds. The number of carbonyl (C=O) groups excluding carboxylic acids is 1. The standard InChI is InChI=1S/C13H23N5O/c1-13(2,12(19)14-3)9-15-8-11-17-16-10-6-4-5-7-18(10)11/h15H,4-9H2,1-3H3,(H,14,19). The molecule has 0 saturated heterocycles. The zero-order valence-corrected chi connectivity index (χ0v) is 12.0. The van der Waals surface area contributed by atoms with E-state index in [0.29, 0.717) is 13.1 Å². The summed E-state index contributed by atoms with van der Waals surface area (Å²) < 4.78 is 2.20. The molecule has 0 unspecified atom stereocenters. The van der Waals surface area contributed by atoms with Crippen molar-refractivity contribution in [1.29, 1.82) is 0 Å². The van der Waals surface area contributed by atoms with Crippen molar-refractivity contribution in [2.45, 2.75) is 46.2 Å². The van der Waals surface area contributed by atoms with E-state index in [-0.39, 0.29) is 5.91 Å². The van der Waals surface area contributed by atoms with Crippen molar-refractivity contribution in [2.24, 2.45) is 5.41 Å². The fourth-order valence-corrected chi connectivity index (χ4v) is 2.40. The van der Waals surface area contributed by atoms with Gasteiger partial charge >= 0.3 is 0 Å². The van der Waals surface area contributed by atoms with Crippen molar-refractivity contribution in [1.82, 2.24) is 25.4 Å². The minimum atomic E-state index is -0.417. The number of carbonyl (C=O) groups is 1. The monoisotopic (exact) mass is 265 g/mol. The Balaban J connectivity index is 1.89. The van der Waals surface area contributed by atoms with Gasteiger partial charge in [-0.25, -0.2) is 0 Å². The van der Waals surface area contributed by atoms with Crippen LogP contribution in [-0.4, -0.2) is 34.3 Å². The van der Waals surface area contributed by atoms with Crippen LogP contribution in [0.1, 0.15) is 38.3 Å². The third-order valence-corrected chi connectivity index (χ3v) is 3.63. The zero-order valence-electron chi connectivity index (χ0n) is 12.0. The Labute approximate surface area is 114 Å². The second kappa shape index (κ2) is 5.69. The third kappa shape index (κ3) is 3.12. The third-order valence-electron chi connectivity index (χ3n) is 3.63. The lowest BCUT2D eigenvalue weighted by molar-refractivity contribution is -0.128. The van der Waals surface area contributed by atoms with E-state index in [9.17, 15) is 4.79 Å². The second-order valence-corrected chi connectivity index (χ2v) is 5.71. The number of nitrogens with zero attached hydrogens (tertiary/aromatic N) is 3. The van der Waals surface area contributed by atoms with Gasteiger partial charge in [0.15, 0.2) is 0 Å². The van der Waals surface area contributed by atoms with E-state index >= 15 is 0 Å². The minimum absolute atomic E-state index is 0.0447. The maximum absolute atomic E-state index is 11.7. The van der Waals surface area contributed by atoms with E-state index < -0.39 is 5.41 Å². The SMILES string of the molecule is CNC(=O)C(C)(C)CNCc1nnc2n1CCCC2. The maximum Gasteiger partial charge on any atom is 0.226 e. The van der Waals surface area contributed by atoms with Gasteiger partial charge in [0.05, 0.1) is 12.0 Å². The molecule has 0 aromatic carbocycles. The highest BCUT2D eigenvalue weighted by Gasteiger charge is 2.26. The summed E-state index contributed by atoms with van der Waals surface area (Å²) in [5.41, 5.74) is -0.417. The van der Waals surface area contributed by atoms with Gasteiger partial charge in [-0.15, -0.1) is 10.2 Å². The predicted octanol–water partition coefficient (Wildman–Crippen LogP) is 0.476. The van der Waals surface area contributed by atoms with Crippen LogP contribution in [-0.2, 0) is 24.3 Å². The van der Waals surface area contributed by atoms with Gasteiger partial charge in [0.25, 0.3) is 0 Å². The molecule has 0 spiro atoms. The molecule has 6 nitrogen and oxygen atoms in total. The van der Waals surface area contributed by atoms with Gasteiger partial charge in [-0.1, -0.05) is 0 Å². The Kier molecular flexibility index (Phi) is 4.19. The molecule has 106 valence electrons. The number of fused-ring (bicyclic) bond motifs is 1. The Hall–Kier alpha value is -1.43. The van der Waals surface area contributed by atoms with Crippen LogP contribution in [0.25, 0.3) is 0 Å². The van der Waals surface area contributed by atoms with Crippen LogP contribution in [0.2, 0.25) is 0 Å². The van der Waals surface area contributed by atoms with Gasteiger partial charge in [-0.3, -0.25) is 4.79 Å². The van der Waals surface area contributed by atoms with Gasteiger partial charge in [0.2, 0.25) is 5.91 Å². The number of amides is 1. The molecule has 0 bridgehead atoms. The van der Waals surface area contributed by atoms with Crippen molar-refractivity contribution >= 4 is 5.91 Å². The average Bonchev–Trinajstić information content (AvgIpc) is 2.81. The summed E-state index contributed by atoms with van der Waals surface area (Å²) in [7, 11) is 1.67. The molecule has 19 heavy (non-hydrogen) atoms. The molecule has 0 atom stereocenters. The Bertz CT molecular complexity index is 452. The average molecular weight is 265 g/mol. The first-order chi connectivity index (χ1) is 9.04. The number of nitrogens with one attached hydrogen (secondary N) is 2. The molecule has 2 rings (SSSR count). The van der Waals surface area contributed by atoms with Crippen LogP contribution in [0.5, 0.6) is 0 Å². The van der Waals surface area contributed by atoms with Gasteiger partial charge in [-0.05, 0) is 26.7 Å². The van der Waals surface area contributed by atoms with E-state index in [1.807, 2.05) is 13.8 Å². The lowest BCUT2D eigenvalue weighted by atomic mass is 9.92. The molecule has 0 radical (unpaired) electrons. The van der Waals surface area contributed by atoms with Gasteiger partial charge in [0.1, 0.15) is 11.6 Å². The molecule has 1 aliphatic heterocycles. The van der Waals surface area contributed by atoms with Crippen LogP contribution < -0.4 is 10.6 Å². The second-order valence-electron chi connectivity index (χ2n) is 5.71. The summed E-state index contributed by atoms with van der Waals surface area (Å²) in [6.45, 7) is 6.15. The Morgan fingerprint density at radius 3 is 2.89 bits per heavy atom. The van der Waals surface area contributed by atoms with E-state index in [1.54, 1.807) is 7.05 Å². The Morgan fingerprint density at radius 2 is 2.16 bits per heavy atom. The first-order valence-electron chi connectivity index (χ1n) is 6.88. The minimum Gasteiger partial charge on any atom is -0.359 e. The molecule has 1 aromatic heterocycles. The van der Waals surface area contributed by atoms with Crippen LogP contribution in [0.15, 0.2) is 0 Å². The zero-order chi connectivity index (χ0) is 13.9. The maximum atomic E-state index is 11.7. The predicted molar refractivity (Wildman–Crippen MR) is 72.5 cm³/mol. The first-order valence-corrected chi connectivity index (χ1v) is 6.88. The fraction of sp³-hybridized carbons (Fsp3) is 0.769. The van der Waals surface area contributed by atoms with E-state index in [2.05, 4.69) is 25.4 Å². The van der Waals surface area contributed by atoms with Crippen molar-refractivity contribution in [3.05, 3.63) is 11.6 Å². The summed E-state index contributed by atoms with van der Waals surface area (Å²) in [5.74, 6) is 2.11. The molecular weight excluding hydrogens is 242 g/mol. The van der Waals surface area contributed by atoms with Crippen LogP contribution >= 0.6 is 0 Å². The lowest BCUT2D eigenvalue weighted by Crippen LogP contribution is -2.42. The van der Waals surface area contributed by atoms with Crippen LogP contribution in [0, 0.1) is 5.41 Å². The molecule has 6 heteroatoms. The molecule has 1 aliphatic rings. The van der Waals surface area contributed by atoms with E-state index in [1.165, 1.54) is 12.8 Å². The quantitative estimate of drug-likeness (QED) is 0.812. The van der Waals surface area contributed by atoms with E-state index in [0.717, 1.165) is 24.6 Å². The molecular formula is C13H23N5O. The van der Waals surface area contributed by atoms with Crippen LogP contribution in [0.4, 0.5) is 0 Å². The summed E-state index contributed by atoms with van der Waals surface area (Å²) >= 11 is 0. The largest absolute Gasteiger partial charge is 0.359 e. The van der Waals surface area contributed by atoms with Crippen molar-refractivity contribution in [2.75, 3.05) is 13.6 Å². The van der Waals surface area contributed by atoms with Gasteiger partial charge < -0.3 is 15.2 Å². The summed E-state index contributed by atoms with van der Waals surface area (Å²) in [5, 5.41) is 14.4. The smallest absolute Gasteiger partial charge is 0.226 e. The first kappa shape index (κ1) is 14.0. The van der Waals surface area contributed by atoms with Crippen molar-refractivity contribution in [3.8, 4) is 0 Å². The van der Waals surface area contributed by atoms with Crippen molar-refractivity contribution in [3.63, 3.8) is 0 Å². The molecule has 2 N–H and O–H groups in total. The summed E-state index contributed by atoms with van der Waals surface area (Å²) in [4.78, 5) is 11.7. The highest BCUT2D eigenvalue weighted by molar-refractivity contribution is 5.81. The highest BCUT2D eigenvalue weighted by Crippen LogP contribution is 2.15. The molecule has 1 aromatic rings. The van der Waals surface area contributed by atoms with Gasteiger partial charge in [0, 0.05) is 26.6 Å². The lowest BCUT2D eigenvalue weighted by Gasteiger charge is -2.23. The van der Waals surface area contributed by atoms with Gasteiger partial charge in [-0.2, -0.15) is 0 Å². The number of aromatic nitrogens is 3. The molecule has 0 fully saturated rings. The number of rotatable bonds is 5. The summed E-state index contributed by atoms with van der Waals surface area (Å²) in [6, 6.07) is 0. The number of aryl methyl sites for hydroxylation is 1. The topological polar surface area (TPSA) is 71.8 Å². The van der Waals surface area contributed by atoms with Crippen molar-refractivity contribution < 1.29 is 4.79 Å². The molecule has 0 saturated carbocycles. The Morgan fingerprint density at radius 1 is 1.37 bits per heavy atom. The molecule has 2 heterocycles. The summed E-state index contributed by atoms with van der Waals surface area (Å²) in [6.07, 6.45) is 3.42. The normalized spacial score (nSPS) is 15.1. The highest BCUT2D eigenvalue weighted by atomic mass is 16.2. The number of hydrogen-bond acceptors (Lipinski definition) is 4. The number of hydrogen-bond donors (Lipinski definition) is 2. The molecule has 0 aliphatic carbocycles. The van der Waals surface area contributed by atoms with E-state index in [4.69, 9.17) is 0 Å².